The molecule has 1 saturated carbocycles. The topological polar surface area (TPSA) is 64.1 Å². The van der Waals surface area contributed by atoms with Crippen LogP contribution in [0.3, 0.4) is 0 Å². The van der Waals surface area contributed by atoms with Crippen molar-refractivity contribution < 1.29 is 14.2 Å². The molecule has 0 aliphatic heterocycles. The fourth-order valence-electron chi connectivity index (χ4n) is 2.24. The highest BCUT2D eigenvalue weighted by Crippen LogP contribution is 2.28. The fraction of sp³-hybridized carbons (Fsp3) is 0.632. The summed E-state index contributed by atoms with van der Waals surface area (Å²) in [6.45, 7) is 6.63. The molecular formula is C19H31N3O3. The van der Waals surface area contributed by atoms with Crippen LogP contribution in [-0.4, -0.2) is 52.5 Å². The van der Waals surface area contributed by atoms with E-state index in [-0.39, 0.29) is 0 Å². The zero-order chi connectivity index (χ0) is 17.7. The molecule has 0 atom stereocenters. The van der Waals surface area contributed by atoms with Crippen molar-refractivity contribution in [1.82, 2.24) is 10.6 Å². The van der Waals surface area contributed by atoms with Gasteiger partial charge in [0.15, 0.2) is 5.96 Å². The molecule has 0 unspecified atom stereocenters. The number of hydrogen-bond acceptors (Lipinski definition) is 4. The van der Waals surface area contributed by atoms with E-state index in [4.69, 9.17) is 14.2 Å². The van der Waals surface area contributed by atoms with Gasteiger partial charge in [-0.1, -0.05) is 0 Å². The minimum absolute atomic E-state index is 0.571. The first kappa shape index (κ1) is 19.4. The second kappa shape index (κ2) is 11.6. The average molecular weight is 349 g/mol. The Morgan fingerprint density at radius 1 is 1.12 bits per heavy atom. The summed E-state index contributed by atoms with van der Waals surface area (Å²) in [5, 5.41) is 6.52. The fourth-order valence-corrected chi connectivity index (χ4v) is 2.24. The van der Waals surface area contributed by atoms with Gasteiger partial charge in [0.05, 0.1) is 13.7 Å². The molecule has 0 aromatic heterocycles. The molecule has 1 fully saturated rings. The zero-order valence-corrected chi connectivity index (χ0v) is 15.4. The SMILES string of the molecule is CCNC(=NCCCOCC1CC1)NCCOc1ccc(OC)cc1. The maximum Gasteiger partial charge on any atom is 0.191 e. The van der Waals surface area contributed by atoms with Gasteiger partial charge in [-0.2, -0.15) is 0 Å². The number of benzene rings is 1. The molecule has 1 aliphatic carbocycles. The predicted molar refractivity (Wildman–Crippen MR) is 101 cm³/mol. The summed E-state index contributed by atoms with van der Waals surface area (Å²) >= 11 is 0. The number of nitrogens with one attached hydrogen (secondary N) is 2. The van der Waals surface area contributed by atoms with E-state index in [0.29, 0.717) is 13.2 Å². The highest BCUT2D eigenvalue weighted by Gasteiger charge is 2.20. The summed E-state index contributed by atoms with van der Waals surface area (Å²) in [4.78, 5) is 4.56. The molecule has 1 aromatic carbocycles. The van der Waals surface area contributed by atoms with Gasteiger partial charge in [0.25, 0.3) is 0 Å². The van der Waals surface area contributed by atoms with E-state index in [1.807, 2.05) is 24.3 Å². The van der Waals surface area contributed by atoms with Crippen molar-refractivity contribution in [1.29, 1.82) is 0 Å². The summed E-state index contributed by atoms with van der Waals surface area (Å²) < 4.78 is 16.5. The Morgan fingerprint density at radius 3 is 2.56 bits per heavy atom. The molecular weight excluding hydrogens is 318 g/mol. The Balaban J connectivity index is 1.57. The Hall–Kier alpha value is -1.95. The summed E-state index contributed by atoms with van der Waals surface area (Å²) in [5.41, 5.74) is 0. The van der Waals surface area contributed by atoms with Crippen LogP contribution in [0.1, 0.15) is 26.2 Å². The summed E-state index contributed by atoms with van der Waals surface area (Å²) in [6.07, 6.45) is 3.63. The number of aliphatic imine (C=N–C) groups is 1. The van der Waals surface area contributed by atoms with Crippen molar-refractivity contribution >= 4 is 5.96 Å². The number of nitrogens with zero attached hydrogens (tertiary/aromatic N) is 1. The van der Waals surface area contributed by atoms with Crippen molar-refractivity contribution in [3.63, 3.8) is 0 Å². The van der Waals surface area contributed by atoms with Crippen LogP contribution >= 0.6 is 0 Å². The van der Waals surface area contributed by atoms with Crippen LogP contribution in [0.25, 0.3) is 0 Å². The molecule has 6 nitrogen and oxygen atoms in total. The molecule has 0 spiro atoms. The largest absolute Gasteiger partial charge is 0.497 e. The third-order valence-corrected chi connectivity index (χ3v) is 3.83. The Bertz CT molecular complexity index is 501. The van der Waals surface area contributed by atoms with Crippen LogP contribution in [0.15, 0.2) is 29.3 Å². The second-order valence-corrected chi connectivity index (χ2v) is 6.08. The number of methoxy groups -OCH3 is 1. The lowest BCUT2D eigenvalue weighted by Crippen LogP contribution is -2.39. The van der Waals surface area contributed by atoms with Crippen LogP contribution < -0.4 is 20.1 Å². The molecule has 0 heterocycles. The summed E-state index contributed by atoms with van der Waals surface area (Å²) in [7, 11) is 1.65. The van der Waals surface area contributed by atoms with Gasteiger partial charge in [0, 0.05) is 26.3 Å². The van der Waals surface area contributed by atoms with Crippen molar-refractivity contribution in [2.45, 2.75) is 26.2 Å². The molecule has 0 saturated heterocycles. The Morgan fingerprint density at radius 2 is 1.88 bits per heavy atom. The van der Waals surface area contributed by atoms with Crippen LogP contribution in [-0.2, 0) is 4.74 Å². The first-order valence-electron chi connectivity index (χ1n) is 9.18. The molecule has 1 aliphatic rings. The van der Waals surface area contributed by atoms with Crippen LogP contribution in [0.5, 0.6) is 11.5 Å². The monoisotopic (exact) mass is 349 g/mol. The van der Waals surface area contributed by atoms with E-state index in [9.17, 15) is 0 Å². The summed E-state index contributed by atoms with van der Waals surface area (Å²) in [6, 6.07) is 7.58. The normalized spacial score (nSPS) is 14.2. The van der Waals surface area contributed by atoms with Gasteiger partial charge in [-0.05, 0) is 56.4 Å². The van der Waals surface area contributed by atoms with E-state index < -0.39 is 0 Å². The van der Waals surface area contributed by atoms with Gasteiger partial charge in [-0.3, -0.25) is 4.99 Å². The predicted octanol–water partition coefficient (Wildman–Crippen LogP) is 2.45. The van der Waals surface area contributed by atoms with E-state index in [0.717, 1.165) is 56.1 Å². The number of hydrogen-bond donors (Lipinski definition) is 2. The van der Waals surface area contributed by atoms with Gasteiger partial charge >= 0.3 is 0 Å². The highest BCUT2D eigenvalue weighted by molar-refractivity contribution is 5.79. The first-order chi connectivity index (χ1) is 12.3. The quantitative estimate of drug-likeness (QED) is 0.345. The second-order valence-electron chi connectivity index (χ2n) is 6.08. The van der Waals surface area contributed by atoms with Gasteiger partial charge in [-0.25, -0.2) is 0 Å². The molecule has 0 radical (unpaired) electrons. The van der Waals surface area contributed by atoms with Gasteiger partial charge in [0.1, 0.15) is 18.1 Å². The third kappa shape index (κ3) is 8.63. The lowest BCUT2D eigenvalue weighted by atomic mass is 10.3. The lowest BCUT2D eigenvalue weighted by molar-refractivity contribution is 0.123. The minimum atomic E-state index is 0.571. The van der Waals surface area contributed by atoms with E-state index in [2.05, 4.69) is 22.5 Å². The standard InChI is InChI=1S/C19H31N3O3/c1-3-20-19(21-11-4-13-24-15-16-5-6-16)22-12-14-25-18-9-7-17(23-2)8-10-18/h7-10,16H,3-6,11-15H2,1-2H3,(H2,20,21,22). The van der Waals surface area contributed by atoms with E-state index >= 15 is 0 Å². The maximum absolute atomic E-state index is 5.70. The van der Waals surface area contributed by atoms with Crippen LogP contribution in [0, 0.1) is 5.92 Å². The number of ether oxygens (including phenoxy) is 3. The molecule has 1 aromatic rings. The van der Waals surface area contributed by atoms with Crippen molar-refractivity contribution in [3.8, 4) is 11.5 Å². The van der Waals surface area contributed by atoms with E-state index in [1.165, 1.54) is 12.8 Å². The molecule has 0 amide bonds. The summed E-state index contributed by atoms with van der Waals surface area (Å²) in [5.74, 6) is 3.31. The number of guanidine groups is 1. The van der Waals surface area contributed by atoms with Crippen molar-refractivity contribution in [2.75, 3.05) is 46.6 Å². The van der Waals surface area contributed by atoms with Crippen molar-refractivity contribution in [2.24, 2.45) is 10.9 Å². The van der Waals surface area contributed by atoms with Crippen LogP contribution in [0.2, 0.25) is 0 Å². The lowest BCUT2D eigenvalue weighted by Gasteiger charge is -2.12. The van der Waals surface area contributed by atoms with E-state index in [1.54, 1.807) is 7.11 Å². The highest BCUT2D eigenvalue weighted by atomic mass is 16.5. The van der Waals surface area contributed by atoms with Gasteiger partial charge < -0.3 is 24.8 Å². The van der Waals surface area contributed by atoms with Crippen molar-refractivity contribution in [3.05, 3.63) is 24.3 Å². The first-order valence-corrected chi connectivity index (χ1v) is 9.18. The molecule has 0 bridgehead atoms. The molecule has 6 heteroatoms. The van der Waals surface area contributed by atoms with Gasteiger partial charge in [0.2, 0.25) is 0 Å². The Labute approximate surface area is 151 Å². The molecule has 140 valence electrons. The number of rotatable bonds is 12. The van der Waals surface area contributed by atoms with Gasteiger partial charge in [-0.15, -0.1) is 0 Å². The zero-order valence-electron chi connectivity index (χ0n) is 15.4. The molecule has 2 N–H and O–H groups in total. The molecule has 25 heavy (non-hydrogen) atoms. The minimum Gasteiger partial charge on any atom is -0.497 e. The Kier molecular flexibility index (Phi) is 8.97. The van der Waals surface area contributed by atoms with Crippen LogP contribution in [0.4, 0.5) is 0 Å². The smallest absolute Gasteiger partial charge is 0.191 e. The average Bonchev–Trinajstić information content (AvgIpc) is 3.46. The third-order valence-electron chi connectivity index (χ3n) is 3.83. The maximum atomic E-state index is 5.70. The molecule has 2 rings (SSSR count).